The Morgan fingerprint density at radius 1 is 1.05 bits per heavy atom. The molecule has 0 amide bonds. The minimum absolute atomic E-state index is 0.101. The highest BCUT2D eigenvalue weighted by Gasteiger charge is 2.31. The number of benzene rings is 1. The number of hydrogen-bond acceptors (Lipinski definition) is 1. The molecule has 0 aromatic heterocycles. The fourth-order valence-corrected chi connectivity index (χ4v) is 3.92. The van der Waals surface area contributed by atoms with Crippen LogP contribution in [0.1, 0.15) is 50.5 Å². The fraction of sp³-hybridized carbons (Fsp3) is 0.647. The van der Waals surface area contributed by atoms with Crippen LogP contribution in [-0.2, 0) is 0 Å². The number of aryl methyl sites for hydroxylation is 1. The highest BCUT2D eigenvalue weighted by molar-refractivity contribution is 5.46. The molecule has 2 aliphatic rings. The molecule has 1 N–H and O–H groups in total. The second-order valence-electron chi connectivity index (χ2n) is 6.42. The highest BCUT2D eigenvalue weighted by Crippen LogP contribution is 2.41. The molecule has 3 rings (SSSR count). The standard InChI is InChI=1S/C17H24FN/c1-12-6-8-16(11-17(12)18)19-15-9-7-13-4-2-3-5-14(13)10-15/h6,8,11,13-15,19H,2-5,7,9-10H2,1H3. The lowest BCUT2D eigenvalue weighted by atomic mass is 9.69. The molecule has 0 bridgehead atoms. The topological polar surface area (TPSA) is 12.0 Å². The Balaban J connectivity index is 1.62. The first-order valence-corrected chi connectivity index (χ1v) is 7.75. The Labute approximate surface area is 115 Å². The Morgan fingerprint density at radius 3 is 2.63 bits per heavy atom. The zero-order valence-electron chi connectivity index (χ0n) is 11.8. The molecule has 2 aliphatic carbocycles. The molecule has 2 saturated carbocycles. The number of rotatable bonds is 2. The lowest BCUT2D eigenvalue weighted by molar-refractivity contribution is 0.162. The van der Waals surface area contributed by atoms with E-state index in [1.807, 2.05) is 19.1 Å². The van der Waals surface area contributed by atoms with Gasteiger partial charge in [-0.1, -0.05) is 31.7 Å². The van der Waals surface area contributed by atoms with Crippen LogP contribution < -0.4 is 5.32 Å². The summed E-state index contributed by atoms with van der Waals surface area (Å²) < 4.78 is 13.6. The summed E-state index contributed by atoms with van der Waals surface area (Å²) in [7, 11) is 0. The van der Waals surface area contributed by atoms with Crippen molar-refractivity contribution in [2.45, 2.75) is 57.9 Å². The first kappa shape index (κ1) is 13.0. The largest absolute Gasteiger partial charge is 0.382 e. The van der Waals surface area contributed by atoms with Gasteiger partial charge in [-0.3, -0.25) is 0 Å². The zero-order chi connectivity index (χ0) is 13.2. The van der Waals surface area contributed by atoms with Crippen LogP contribution in [-0.4, -0.2) is 6.04 Å². The van der Waals surface area contributed by atoms with Crippen LogP contribution in [0.25, 0.3) is 0 Å². The molecule has 2 heteroatoms. The van der Waals surface area contributed by atoms with E-state index in [9.17, 15) is 4.39 Å². The average molecular weight is 261 g/mol. The molecule has 2 fully saturated rings. The Kier molecular flexibility index (Phi) is 3.76. The molecule has 0 spiro atoms. The van der Waals surface area contributed by atoms with Crippen molar-refractivity contribution in [3.05, 3.63) is 29.6 Å². The lowest BCUT2D eigenvalue weighted by Gasteiger charge is -2.39. The van der Waals surface area contributed by atoms with Crippen molar-refractivity contribution >= 4 is 5.69 Å². The van der Waals surface area contributed by atoms with E-state index < -0.39 is 0 Å². The van der Waals surface area contributed by atoms with Gasteiger partial charge in [0.25, 0.3) is 0 Å². The number of anilines is 1. The van der Waals surface area contributed by atoms with Gasteiger partial charge in [0, 0.05) is 11.7 Å². The molecule has 104 valence electrons. The summed E-state index contributed by atoms with van der Waals surface area (Å²) in [6, 6.07) is 6.05. The van der Waals surface area contributed by atoms with Gasteiger partial charge in [0.05, 0.1) is 0 Å². The zero-order valence-corrected chi connectivity index (χ0v) is 11.8. The number of hydrogen-bond donors (Lipinski definition) is 1. The third kappa shape index (κ3) is 2.93. The van der Waals surface area contributed by atoms with Crippen molar-refractivity contribution < 1.29 is 4.39 Å². The Bertz CT molecular complexity index is 443. The molecule has 0 heterocycles. The van der Waals surface area contributed by atoms with Crippen LogP contribution in [0.2, 0.25) is 0 Å². The van der Waals surface area contributed by atoms with E-state index in [0.717, 1.165) is 23.1 Å². The van der Waals surface area contributed by atoms with Crippen LogP contribution in [0.4, 0.5) is 10.1 Å². The third-order valence-electron chi connectivity index (χ3n) is 5.08. The number of nitrogens with one attached hydrogen (secondary N) is 1. The summed E-state index contributed by atoms with van der Waals surface area (Å²) in [4.78, 5) is 0. The summed E-state index contributed by atoms with van der Waals surface area (Å²) in [5, 5.41) is 3.54. The van der Waals surface area contributed by atoms with Crippen molar-refractivity contribution in [3.8, 4) is 0 Å². The van der Waals surface area contributed by atoms with E-state index in [1.54, 1.807) is 6.07 Å². The van der Waals surface area contributed by atoms with Gasteiger partial charge in [-0.15, -0.1) is 0 Å². The molecule has 1 nitrogen and oxygen atoms in total. The first-order chi connectivity index (χ1) is 9.22. The van der Waals surface area contributed by atoms with Gasteiger partial charge >= 0.3 is 0 Å². The Morgan fingerprint density at radius 2 is 1.84 bits per heavy atom. The second kappa shape index (κ2) is 5.52. The van der Waals surface area contributed by atoms with E-state index in [1.165, 1.54) is 44.9 Å². The predicted octanol–water partition coefficient (Wildman–Crippen LogP) is 4.90. The Hall–Kier alpha value is -1.05. The van der Waals surface area contributed by atoms with Gasteiger partial charge in [-0.05, 0) is 55.7 Å². The predicted molar refractivity (Wildman–Crippen MR) is 77.8 cm³/mol. The minimum Gasteiger partial charge on any atom is -0.382 e. The maximum absolute atomic E-state index is 13.6. The first-order valence-electron chi connectivity index (χ1n) is 7.75. The SMILES string of the molecule is Cc1ccc(NC2CCC3CCCCC3C2)cc1F. The molecular weight excluding hydrogens is 237 g/mol. The number of fused-ring (bicyclic) bond motifs is 1. The van der Waals surface area contributed by atoms with Crippen LogP contribution >= 0.6 is 0 Å². The highest BCUT2D eigenvalue weighted by atomic mass is 19.1. The van der Waals surface area contributed by atoms with Crippen LogP contribution in [0.3, 0.4) is 0 Å². The normalized spacial score (nSPS) is 30.7. The van der Waals surface area contributed by atoms with Crippen molar-refractivity contribution in [2.24, 2.45) is 11.8 Å². The van der Waals surface area contributed by atoms with E-state index in [0.29, 0.717) is 6.04 Å². The molecule has 0 radical (unpaired) electrons. The molecule has 19 heavy (non-hydrogen) atoms. The quantitative estimate of drug-likeness (QED) is 0.798. The van der Waals surface area contributed by atoms with Gasteiger partial charge in [-0.2, -0.15) is 0 Å². The molecule has 0 aliphatic heterocycles. The van der Waals surface area contributed by atoms with Gasteiger partial charge in [0.2, 0.25) is 0 Å². The average Bonchev–Trinajstić information content (AvgIpc) is 2.43. The molecule has 3 unspecified atom stereocenters. The van der Waals surface area contributed by atoms with Gasteiger partial charge in [-0.25, -0.2) is 4.39 Å². The second-order valence-corrected chi connectivity index (χ2v) is 6.42. The maximum atomic E-state index is 13.6. The van der Waals surface area contributed by atoms with Crippen LogP contribution in [0, 0.1) is 24.6 Å². The maximum Gasteiger partial charge on any atom is 0.128 e. The van der Waals surface area contributed by atoms with Gasteiger partial charge < -0.3 is 5.32 Å². The van der Waals surface area contributed by atoms with E-state index >= 15 is 0 Å². The molecule has 0 saturated heterocycles. The lowest BCUT2D eigenvalue weighted by Crippen LogP contribution is -2.34. The van der Waals surface area contributed by atoms with E-state index in [-0.39, 0.29) is 5.82 Å². The van der Waals surface area contributed by atoms with Crippen molar-refractivity contribution in [2.75, 3.05) is 5.32 Å². The van der Waals surface area contributed by atoms with Crippen molar-refractivity contribution in [1.29, 1.82) is 0 Å². The monoisotopic (exact) mass is 261 g/mol. The molecule has 1 aromatic carbocycles. The van der Waals surface area contributed by atoms with E-state index in [2.05, 4.69) is 5.32 Å². The van der Waals surface area contributed by atoms with Crippen LogP contribution in [0.15, 0.2) is 18.2 Å². The number of halogens is 1. The summed E-state index contributed by atoms with van der Waals surface area (Å²) in [5.41, 5.74) is 1.67. The molecular formula is C17H24FN. The van der Waals surface area contributed by atoms with Crippen LogP contribution in [0.5, 0.6) is 0 Å². The van der Waals surface area contributed by atoms with Crippen molar-refractivity contribution in [1.82, 2.24) is 0 Å². The summed E-state index contributed by atoms with van der Waals surface area (Å²) in [6.07, 6.45) is 9.57. The summed E-state index contributed by atoms with van der Waals surface area (Å²) in [6.45, 7) is 1.81. The fourth-order valence-electron chi connectivity index (χ4n) is 3.92. The van der Waals surface area contributed by atoms with Crippen molar-refractivity contribution in [3.63, 3.8) is 0 Å². The molecule has 1 aromatic rings. The van der Waals surface area contributed by atoms with Gasteiger partial charge in [0.15, 0.2) is 0 Å². The molecule has 3 atom stereocenters. The third-order valence-corrected chi connectivity index (χ3v) is 5.08. The summed E-state index contributed by atoms with van der Waals surface area (Å²) in [5.74, 6) is 1.79. The minimum atomic E-state index is -0.101. The smallest absolute Gasteiger partial charge is 0.128 e. The van der Waals surface area contributed by atoms with E-state index in [4.69, 9.17) is 0 Å². The summed E-state index contributed by atoms with van der Waals surface area (Å²) >= 11 is 0. The van der Waals surface area contributed by atoms with Gasteiger partial charge in [0.1, 0.15) is 5.82 Å².